The van der Waals surface area contributed by atoms with Crippen LogP contribution >= 0.6 is 0 Å². The molecule has 0 bridgehead atoms. The topological polar surface area (TPSA) is 56.7 Å². The van der Waals surface area contributed by atoms with Crippen LogP contribution in [0.15, 0.2) is 18.2 Å². The van der Waals surface area contributed by atoms with Crippen molar-refractivity contribution >= 4 is 5.97 Å². The first-order valence-electron chi connectivity index (χ1n) is 6.83. The lowest BCUT2D eigenvalue weighted by molar-refractivity contribution is 0.0689. The number of aromatic carboxylic acids is 1. The van der Waals surface area contributed by atoms with E-state index in [9.17, 15) is 4.79 Å². The van der Waals surface area contributed by atoms with E-state index in [1.807, 2.05) is 6.07 Å². The highest BCUT2D eigenvalue weighted by Gasteiger charge is 2.16. The summed E-state index contributed by atoms with van der Waals surface area (Å²) in [6.45, 7) is 8.34. The molecule has 0 saturated carbocycles. The first kappa shape index (κ1) is 14.0. The third-order valence-electron chi connectivity index (χ3n) is 3.42. The summed E-state index contributed by atoms with van der Waals surface area (Å²) in [5.74, 6) is -0.963. The van der Waals surface area contributed by atoms with Crippen molar-refractivity contribution in [3.8, 4) is 0 Å². The predicted molar refractivity (Wildman–Crippen MR) is 73.2 cm³/mol. The summed E-state index contributed by atoms with van der Waals surface area (Å²) in [6, 6.07) is 5.19. The van der Waals surface area contributed by atoms with Crippen LogP contribution in [0.1, 0.15) is 29.5 Å². The molecule has 1 aliphatic rings. The van der Waals surface area contributed by atoms with Gasteiger partial charge in [0.2, 0.25) is 0 Å². The molecule has 0 unspecified atom stereocenters. The minimum Gasteiger partial charge on any atom is -0.477 e. The van der Waals surface area contributed by atoms with Gasteiger partial charge in [-0.3, -0.25) is 4.90 Å². The Labute approximate surface area is 113 Å². The maximum atomic E-state index is 10.9. The molecule has 0 atom stereocenters. The zero-order chi connectivity index (χ0) is 13.7. The first-order chi connectivity index (χ1) is 9.19. The van der Waals surface area contributed by atoms with Crippen LogP contribution in [0.3, 0.4) is 0 Å². The molecule has 0 aromatic carbocycles. The molecule has 0 amide bonds. The van der Waals surface area contributed by atoms with Gasteiger partial charge in [0.05, 0.1) is 5.69 Å². The predicted octanol–water partition coefficient (Wildman–Crippen LogP) is 1.31. The summed E-state index contributed by atoms with van der Waals surface area (Å²) in [6.07, 6.45) is 1.20. The van der Waals surface area contributed by atoms with Crippen LogP contribution in [-0.2, 0) is 6.54 Å². The standard InChI is InChI=1S/C14H21N3O2/c1-2-6-16-7-9-17(10-8-16)11-12-4-3-5-13(15-12)14(18)19/h3-5H,2,6-11H2,1H3,(H,18,19). The van der Waals surface area contributed by atoms with Crippen LogP contribution in [-0.4, -0.2) is 58.6 Å². The fourth-order valence-electron chi connectivity index (χ4n) is 2.40. The molecular formula is C14H21N3O2. The van der Waals surface area contributed by atoms with Gasteiger partial charge in [-0.05, 0) is 25.1 Å². The number of carboxylic acid groups (broad SMARTS) is 1. The molecule has 1 saturated heterocycles. The van der Waals surface area contributed by atoms with Gasteiger partial charge in [0, 0.05) is 32.7 Å². The van der Waals surface area contributed by atoms with Gasteiger partial charge < -0.3 is 10.0 Å². The molecule has 0 spiro atoms. The molecule has 1 fully saturated rings. The fourth-order valence-corrected chi connectivity index (χ4v) is 2.40. The average Bonchev–Trinajstić information content (AvgIpc) is 2.42. The second kappa shape index (κ2) is 6.63. The van der Waals surface area contributed by atoms with E-state index < -0.39 is 5.97 Å². The summed E-state index contributed by atoms with van der Waals surface area (Å²) in [4.78, 5) is 19.8. The third-order valence-corrected chi connectivity index (χ3v) is 3.42. The van der Waals surface area contributed by atoms with Crippen molar-refractivity contribution in [1.82, 2.24) is 14.8 Å². The molecule has 2 rings (SSSR count). The molecule has 0 aliphatic carbocycles. The normalized spacial score (nSPS) is 17.5. The number of piperazine rings is 1. The summed E-state index contributed by atoms with van der Waals surface area (Å²) < 4.78 is 0. The van der Waals surface area contributed by atoms with E-state index in [1.54, 1.807) is 6.07 Å². The zero-order valence-corrected chi connectivity index (χ0v) is 11.4. The summed E-state index contributed by atoms with van der Waals surface area (Å²) >= 11 is 0. The highest BCUT2D eigenvalue weighted by Crippen LogP contribution is 2.08. The number of hydrogen-bond donors (Lipinski definition) is 1. The first-order valence-corrected chi connectivity index (χ1v) is 6.83. The fraction of sp³-hybridized carbons (Fsp3) is 0.571. The SMILES string of the molecule is CCCN1CCN(Cc2cccc(C(=O)O)n2)CC1. The molecule has 1 aromatic rings. The Bertz CT molecular complexity index is 428. The quantitative estimate of drug-likeness (QED) is 0.868. The second-order valence-corrected chi connectivity index (χ2v) is 4.94. The largest absolute Gasteiger partial charge is 0.477 e. The Balaban J connectivity index is 1.88. The molecule has 1 N–H and O–H groups in total. The Kier molecular flexibility index (Phi) is 4.87. The molecule has 2 heterocycles. The van der Waals surface area contributed by atoms with Crippen molar-refractivity contribution in [1.29, 1.82) is 0 Å². The van der Waals surface area contributed by atoms with Gasteiger partial charge in [-0.1, -0.05) is 13.0 Å². The Morgan fingerprint density at radius 3 is 2.58 bits per heavy atom. The molecule has 5 nitrogen and oxygen atoms in total. The number of pyridine rings is 1. The van der Waals surface area contributed by atoms with E-state index in [0.717, 1.165) is 38.4 Å². The van der Waals surface area contributed by atoms with Crippen LogP contribution in [0.2, 0.25) is 0 Å². The Morgan fingerprint density at radius 2 is 1.95 bits per heavy atom. The van der Waals surface area contributed by atoms with Gasteiger partial charge in [-0.25, -0.2) is 9.78 Å². The molecule has 5 heteroatoms. The number of rotatable bonds is 5. The maximum Gasteiger partial charge on any atom is 0.354 e. The third kappa shape index (κ3) is 4.01. The molecule has 1 aromatic heterocycles. The minimum absolute atomic E-state index is 0.127. The van der Waals surface area contributed by atoms with Gasteiger partial charge in [-0.2, -0.15) is 0 Å². The second-order valence-electron chi connectivity index (χ2n) is 4.94. The van der Waals surface area contributed by atoms with Crippen LogP contribution in [0.4, 0.5) is 0 Å². The molecular weight excluding hydrogens is 242 g/mol. The van der Waals surface area contributed by atoms with Crippen molar-refractivity contribution < 1.29 is 9.90 Å². The van der Waals surface area contributed by atoms with Crippen LogP contribution in [0, 0.1) is 0 Å². The van der Waals surface area contributed by atoms with E-state index in [2.05, 4.69) is 21.7 Å². The summed E-state index contributed by atoms with van der Waals surface area (Å²) in [7, 11) is 0. The van der Waals surface area contributed by atoms with Gasteiger partial charge in [0.25, 0.3) is 0 Å². The van der Waals surface area contributed by atoms with E-state index in [0.29, 0.717) is 0 Å². The number of carbonyl (C=O) groups is 1. The van der Waals surface area contributed by atoms with Gasteiger partial charge in [-0.15, -0.1) is 0 Å². The van der Waals surface area contributed by atoms with Gasteiger partial charge >= 0.3 is 5.97 Å². The van der Waals surface area contributed by atoms with Crippen LogP contribution < -0.4 is 0 Å². The van der Waals surface area contributed by atoms with Gasteiger partial charge in [0.15, 0.2) is 0 Å². The highest BCUT2D eigenvalue weighted by molar-refractivity contribution is 5.85. The smallest absolute Gasteiger partial charge is 0.354 e. The van der Waals surface area contributed by atoms with Crippen LogP contribution in [0.25, 0.3) is 0 Å². The number of nitrogens with zero attached hydrogens (tertiary/aromatic N) is 3. The molecule has 104 valence electrons. The van der Waals surface area contributed by atoms with E-state index in [4.69, 9.17) is 5.11 Å². The monoisotopic (exact) mass is 263 g/mol. The summed E-state index contributed by atoms with van der Waals surface area (Å²) in [5, 5.41) is 8.93. The van der Waals surface area contributed by atoms with Crippen LogP contribution in [0.5, 0.6) is 0 Å². The summed E-state index contributed by atoms with van der Waals surface area (Å²) in [5.41, 5.74) is 0.964. The lowest BCUT2D eigenvalue weighted by Crippen LogP contribution is -2.46. The molecule has 19 heavy (non-hydrogen) atoms. The van der Waals surface area contributed by atoms with E-state index in [-0.39, 0.29) is 5.69 Å². The van der Waals surface area contributed by atoms with Gasteiger partial charge in [0.1, 0.15) is 5.69 Å². The zero-order valence-electron chi connectivity index (χ0n) is 11.4. The average molecular weight is 263 g/mol. The number of hydrogen-bond acceptors (Lipinski definition) is 4. The molecule has 0 radical (unpaired) electrons. The van der Waals surface area contributed by atoms with Crippen molar-refractivity contribution in [2.45, 2.75) is 19.9 Å². The van der Waals surface area contributed by atoms with Crippen molar-refractivity contribution in [2.75, 3.05) is 32.7 Å². The number of carboxylic acids is 1. The Hall–Kier alpha value is -1.46. The van der Waals surface area contributed by atoms with E-state index in [1.165, 1.54) is 19.0 Å². The van der Waals surface area contributed by atoms with Crippen molar-refractivity contribution in [3.05, 3.63) is 29.6 Å². The van der Waals surface area contributed by atoms with Crippen molar-refractivity contribution in [2.24, 2.45) is 0 Å². The molecule has 1 aliphatic heterocycles. The van der Waals surface area contributed by atoms with Crippen molar-refractivity contribution in [3.63, 3.8) is 0 Å². The lowest BCUT2D eigenvalue weighted by Gasteiger charge is -2.34. The maximum absolute atomic E-state index is 10.9. The Morgan fingerprint density at radius 1 is 1.26 bits per heavy atom. The number of aromatic nitrogens is 1. The highest BCUT2D eigenvalue weighted by atomic mass is 16.4. The minimum atomic E-state index is -0.963. The van der Waals surface area contributed by atoms with E-state index >= 15 is 0 Å². The lowest BCUT2D eigenvalue weighted by atomic mass is 10.2.